The van der Waals surface area contributed by atoms with E-state index >= 15 is 0 Å². The summed E-state index contributed by atoms with van der Waals surface area (Å²) in [7, 11) is 0. The molecule has 3 unspecified atom stereocenters. The van der Waals surface area contributed by atoms with Crippen molar-refractivity contribution in [2.75, 3.05) is 13.2 Å². The molecule has 20 heavy (non-hydrogen) atoms. The van der Waals surface area contributed by atoms with Crippen LogP contribution < -0.4 is 5.32 Å². The van der Waals surface area contributed by atoms with Crippen molar-refractivity contribution in [1.29, 1.82) is 0 Å². The van der Waals surface area contributed by atoms with Gasteiger partial charge in [-0.25, -0.2) is 8.78 Å². The van der Waals surface area contributed by atoms with Gasteiger partial charge in [-0.05, 0) is 36.5 Å². The largest absolute Gasteiger partial charge is 0.396 e. The van der Waals surface area contributed by atoms with Crippen LogP contribution in [0.25, 0.3) is 0 Å². The Labute approximate surface area is 117 Å². The summed E-state index contributed by atoms with van der Waals surface area (Å²) >= 11 is 0. The number of benzene rings is 1. The van der Waals surface area contributed by atoms with Crippen LogP contribution in [-0.2, 0) is 0 Å². The van der Waals surface area contributed by atoms with Gasteiger partial charge in [0.1, 0.15) is 0 Å². The quantitative estimate of drug-likeness (QED) is 0.777. The number of nitrogens with one attached hydrogen (secondary N) is 1. The normalized spacial score (nSPS) is 24.6. The van der Waals surface area contributed by atoms with Crippen LogP contribution in [0.1, 0.15) is 37.4 Å². The molecule has 3 atom stereocenters. The number of hydrogen-bond donors (Lipinski definition) is 3. The zero-order valence-corrected chi connectivity index (χ0v) is 11.4. The molecule has 1 aliphatic carbocycles. The van der Waals surface area contributed by atoms with E-state index in [0.717, 1.165) is 37.8 Å². The average molecular weight is 285 g/mol. The highest BCUT2D eigenvalue weighted by Gasteiger charge is 2.24. The number of halogens is 2. The second kappa shape index (κ2) is 7.11. The Kier molecular flexibility index (Phi) is 5.46. The van der Waals surface area contributed by atoms with Crippen LogP contribution in [0.15, 0.2) is 18.2 Å². The molecule has 112 valence electrons. The maximum Gasteiger partial charge on any atom is 0.159 e. The average Bonchev–Trinajstić information content (AvgIpc) is 2.47. The summed E-state index contributed by atoms with van der Waals surface area (Å²) in [4.78, 5) is 0. The first-order valence-corrected chi connectivity index (χ1v) is 7.09. The van der Waals surface area contributed by atoms with E-state index in [-0.39, 0.29) is 25.1 Å². The molecule has 1 aromatic carbocycles. The lowest BCUT2D eigenvalue weighted by atomic mass is 9.85. The predicted molar refractivity (Wildman–Crippen MR) is 72.2 cm³/mol. The number of rotatable bonds is 5. The predicted octanol–water partition coefficient (Wildman–Crippen LogP) is 2.14. The minimum Gasteiger partial charge on any atom is -0.396 e. The summed E-state index contributed by atoms with van der Waals surface area (Å²) in [5.41, 5.74) is 0.354. The first kappa shape index (κ1) is 15.4. The summed E-state index contributed by atoms with van der Waals surface area (Å²) in [6.45, 7) is 0.408. The van der Waals surface area contributed by atoms with Gasteiger partial charge < -0.3 is 15.5 Å². The topological polar surface area (TPSA) is 52.5 Å². The van der Waals surface area contributed by atoms with Crippen LogP contribution in [0.4, 0.5) is 8.78 Å². The van der Waals surface area contributed by atoms with Gasteiger partial charge in [-0.2, -0.15) is 0 Å². The third-order valence-corrected chi connectivity index (χ3v) is 4.05. The first-order valence-electron chi connectivity index (χ1n) is 7.09. The maximum atomic E-state index is 13.1. The van der Waals surface area contributed by atoms with Crippen LogP contribution in [0.3, 0.4) is 0 Å². The highest BCUT2D eigenvalue weighted by molar-refractivity contribution is 5.20. The van der Waals surface area contributed by atoms with Crippen LogP contribution in [0, 0.1) is 17.6 Å². The Morgan fingerprint density at radius 3 is 2.65 bits per heavy atom. The third-order valence-electron chi connectivity index (χ3n) is 4.05. The van der Waals surface area contributed by atoms with Crippen molar-refractivity contribution >= 4 is 0 Å². The molecular formula is C15H21F2NO2. The molecule has 0 radical (unpaired) electrons. The van der Waals surface area contributed by atoms with Crippen molar-refractivity contribution in [3.8, 4) is 0 Å². The van der Waals surface area contributed by atoms with Gasteiger partial charge in [0, 0.05) is 19.2 Å². The van der Waals surface area contributed by atoms with Crippen molar-refractivity contribution in [2.24, 2.45) is 5.92 Å². The summed E-state index contributed by atoms with van der Waals surface area (Å²) < 4.78 is 25.9. The van der Waals surface area contributed by atoms with E-state index < -0.39 is 17.7 Å². The zero-order valence-electron chi connectivity index (χ0n) is 11.4. The minimum atomic E-state index is -0.951. The fourth-order valence-corrected chi connectivity index (χ4v) is 2.80. The zero-order chi connectivity index (χ0) is 14.5. The van der Waals surface area contributed by atoms with E-state index in [9.17, 15) is 19.0 Å². The molecular weight excluding hydrogens is 264 g/mol. The molecule has 0 heterocycles. The Morgan fingerprint density at radius 2 is 1.95 bits per heavy atom. The van der Waals surface area contributed by atoms with Gasteiger partial charge in [0.25, 0.3) is 0 Å². The Balaban J connectivity index is 1.90. The van der Waals surface area contributed by atoms with Gasteiger partial charge in [0.05, 0.1) is 6.10 Å². The molecule has 5 heteroatoms. The van der Waals surface area contributed by atoms with Gasteiger partial charge in [-0.3, -0.25) is 0 Å². The standard InChI is InChI=1S/C15H21F2NO2/c16-12-6-5-10(7-13(12)17)15(20)8-18-14-4-2-1-3-11(14)9-19/h5-7,11,14-15,18-20H,1-4,8-9H2. The Morgan fingerprint density at radius 1 is 1.20 bits per heavy atom. The molecule has 2 rings (SSSR count). The third kappa shape index (κ3) is 3.75. The molecule has 1 fully saturated rings. The molecule has 3 N–H and O–H groups in total. The van der Waals surface area contributed by atoms with Gasteiger partial charge in [-0.1, -0.05) is 18.9 Å². The summed E-state index contributed by atoms with van der Waals surface area (Å²) in [6, 6.07) is 3.60. The molecule has 1 aromatic rings. The lowest BCUT2D eigenvalue weighted by molar-refractivity contribution is 0.127. The molecule has 1 saturated carbocycles. The van der Waals surface area contributed by atoms with E-state index in [4.69, 9.17) is 0 Å². The monoisotopic (exact) mass is 285 g/mol. The SMILES string of the molecule is OCC1CCCCC1NCC(O)c1ccc(F)c(F)c1. The molecule has 1 aliphatic rings. The van der Waals surface area contributed by atoms with Gasteiger partial charge >= 0.3 is 0 Å². The molecule has 0 aliphatic heterocycles. The number of hydrogen-bond acceptors (Lipinski definition) is 3. The molecule has 0 spiro atoms. The summed E-state index contributed by atoms with van der Waals surface area (Å²) in [5, 5.41) is 22.6. The molecule has 3 nitrogen and oxygen atoms in total. The number of aliphatic hydroxyl groups excluding tert-OH is 2. The maximum absolute atomic E-state index is 13.1. The molecule has 0 aromatic heterocycles. The van der Waals surface area contributed by atoms with Crippen molar-refractivity contribution in [1.82, 2.24) is 5.32 Å². The van der Waals surface area contributed by atoms with Gasteiger partial charge in [0.15, 0.2) is 11.6 Å². The van der Waals surface area contributed by atoms with E-state index in [1.54, 1.807) is 0 Å². The molecule has 0 amide bonds. The highest BCUT2D eigenvalue weighted by Crippen LogP contribution is 2.24. The van der Waals surface area contributed by atoms with Crippen LogP contribution >= 0.6 is 0 Å². The fraction of sp³-hybridized carbons (Fsp3) is 0.600. The second-order valence-electron chi connectivity index (χ2n) is 5.43. The minimum absolute atomic E-state index is 0.138. The number of aliphatic hydroxyl groups is 2. The second-order valence-corrected chi connectivity index (χ2v) is 5.43. The van der Waals surface area contributed by atoms with Crippen molar-refractivity contribution in [3.05, 3.63) is 35.4 Å². The first-order chi connectivity index (χ1) is 9.61. The van der Waals surface area contributed by atoms with Gasteiger partial charge in [-0.15, -0.1) is 0 Å². The Hall–Kier alpha value is -1.04. The van der Waals surface area contributed by atoms with E-state index in [1.165, 1.54) is 6.07 Å². The Bertz CT molecular complexity index is 442. The van der Waals surface area contributed by atoms with Crippen molar-refractivity contribution in [3.63, 3.8) is 0 Å². The van der Waals surface area contributed by atoms with Crippen LogP contribution in [0.5, 0.6) is 0 Å². The highest BCUT2D eigenvalue weighted by atomic mass is 19.2. The lowest BCUT2D eigenvalue weighted by Gasteiger charge is -2.31. The molecule has 0 saturated heterocycles. The van der Waals surface area contributed by atoms with E-state index in [0.29, 0.717) is 5.56 Å². The van der Waals surface area contributed by atoms with Gasteiger partial charge in [0.2, 0.25) is 0 Å². The molecule has 0 bridgehead atoms. The summed E-state index contributed by atoms with van der Waals surface area (Å²) in [5.74, 6) is -1.66. The fourth-order valence-electron chi connectivity index (χ4n) is 2.80. The smallest absolute Gasteiger partial charge is 0.159 e. The van der Waals surface area contributed by atoms with Crippen molar-refractivity contribution in [2.45, 2.75) is 37.8 Å². The van der Waals surface area contributed by atoms with E-state index in [2.05, 4.69) is 5.32 Å². The lowest BCUT2D eigenvalue weighted by Crippen LogP contribution is -2.42. The van der Waals surface area contributed by atoms with Crippen molar-refractivity contribution < 1.29 is 19.0 Å². The van der Waals surface area contributed by atoms with E-state index in [1.807, 2.05) is 0 Å². The van der Waals surface area contributed by atoms with Crippen LogP contribution in [-0.4, -0.2) is 29.4 Å². The van der Waals surface area contributed by atoms with Crippen LogP contribution in [0.2, 0.25) is 0 Å². The summed E-state index contributed by atoms with van der Waals surface area (Å²) in [6.07, 6.45) is 3.29.